The average molecular weight is 220 g/mol. The Hall–Kier alpha value is -2.03. The van der Waals surface area contributed by atoms with Crippen LogP contribution in [0, 0.1) is 11.3 Å². The van der Waals surface area contributed by atoms with Crippen molar-refractivity contribution in [1.82, 2.24) is 9.97 Å². The van der Waals surface area contributed by atoms with Crippen LogP contribution in [0.2, 0.25) is 0 Å². The molecule has 1 rings (SSSR count). The molecule has 6 nitrogen and oxygen atoms in total. The van der Waals surface area contributed by atoms with Gasteiger partial charge in [-0.05, 0) is 6.92 Å². The maximum absolute atomic E-state index is 8.64. The van der Waals surface area contributed by atoms with Gasteiger partial charge in [0.15, 0.2) is 0 Å². The van der Waals surface area contributed by atoms with Crippen molar-refractivity contribution < 1.29 is 0 Å². The Balaban J connectivity index is 2.95. The van der Waals surface area contributed by atoms with Gasteiger partial charge in [-0.25, -0.2) is 0 Å². The van der Waals surface area contributed by atoms with Crippen molar-refractivity contribution in [3.63, 3.8) is 0 Å². The molecule has 0 aliphatic heterocycles. The number of nitrogens with zero attached hydrogens (tertiary/aromatic N) is 4. The van der Waals surface area contributed by atoms with Crippen molar-refractivity contribution in [2.75, 3.05) is 30.0 Å². The van der Waals surface area contributed by atoms with E-state index in [0.29, 0.717) is 18.1 Å². The molecule has 1 aromatic rings. The first-order valence-corrected chi connectivity index (χ1v) is 5.00. The first kappa shape index (κ1) is 12.0. The molecule has 86 valence electrons. The van der Waals surface area contributed by atoms with Gasteiger partial charge in [-0.1, -0.05) is 0 Å². The minimum atomic E-state index is 0.0870. The van der Waals surface area contributed by atoms with Gasteiger partial charge < -0.3 is 16.0 Å². The summed E-state index contributed by atoms with van der Waals surface area (Å²) in [4.78, 5) is 10.0. The zero-order valence-corrected chi connectivity index (χ0v) is 9.73. The van der Waals surface area contributed by atoms with E-state index in [1.165, 1.54) is 0 Å². The van der Waals surface area contributed by atoms with Crippen LogP contribution in [0.3, 0.4) is 0 Å². The van der Waals surface area contributed by atoms with Gasteiger partial charge in [-0.2, -0.15) is 15.2 Å². The SMILES string of the molecule is CNc1cc(N(C)C(C)CC#N)nc(N)n1. The molecule has 3 N–H and O–H groups in total. The normalized spacial score (nSPS) is 11.6. The van der Waals surface area contributed by atoms with Crippen LogP contribution in [0.4, 0.5) is 17.6 Å². The molecule has 0 amide bonds. The monoisotopic (exact) mass is 220 g/mol. The molecule has 16 heavy (non-hydrogen) atoms. The van der Waals surface area contributed by atoms with Crippen molar-refractivity contribution in [3.8, 4) is 6.07 Å². The van der Waals surface area contributed by atoms with Crippen molar-refractivity contribution in [1.29, 1.82) is 5.26 Å². The van der Waals surface area contributed by atoms with E-state index in [0.717, 1.165) is 0 Å². The maximum Gasteiger partial charge on any atom is 0.223 e. The maximum atomic E-state index is 8.64. The van der Waals surface area contributed by atoms with Crippen LogP contribution in [0.15, 0.2) is 6.07 Å². The predicted octanol–water partition coefficient (Wildman–Crippen LogP) is 0.839. The minimum absolute atomic E-state index is 0.0870. The number of rotatable bonds is 4. The Morgan fingerprint density at radius 1 is 1.62 bits per heavy atom. The van der Waals surface area contributed by atoms with Gasteiger partial charge in [0.05, 0.1) is 12.5 Å². The zero-order chi connectivity index (χ0) is 12.1. The number of aromatic nitrogens is 2. The second kappa shape index (κ2) is 5.16. The van der Waals surface area contributed by atoms with Gasteiger partial charge in [0, 0.05) is 26.2 Å². The summed E-state index contributed by atoms with van der Waals surface area (Å²) in [5, 5.41) is 11.6. The van der Waals surface area contributed by atoms with E-state index in [-0.39, 0.29) is 12.0 Å². The number of nitriles is 1. The Labute approximate surface area is 95.1 Å². The number of anilines is 3. The highest BCUT2D eigenvalue weighted by Gasteiger charge is 2.12. The summed E-state index contributed by atoms with van der Waals surface area (Å²) >= 11 is 0. The fourth-order valence-corrected chi connectivity index (χ4v) is 1.26. The summed E-state index contributed by atoms with van der Waals surface area (Å²) in [5.41, 5.74) is 5.59. The van der Waals surface area contributed by atoms with Crippen LogP contribution in [0.5, 0.6) is 0 Å². The van der Waals surface area contributed by atoms with Crippen LogP contribution in [-0.2, 0) is 0 Å². The predicted molar refractivity (Wildman–Crippen MR) is 64.1 cm³/mol. The lowest BCUT2D eigenvalue weighted by molar-refractivity contribution is 0.693. The molecule has 0 fully saturated rings. The number of hydrogen-bond acceptors (Lipinski definition) is 6. The molecule has 1 aromatic heterocycles. The fourth-order valence-electron chi connectivity index (χ4n) is 1.26. The lowest BCUT2D eigenvalue weighted by Crippen LogP contribution is -2.29. The smallest absolute Gasteiger partial charge is 0.223 e. The molecule has 0 spiro atoms. The zero-order valence-electron chi connectivity index (χ0n) is 9.73. The summed E-state index contributed by atoms with van der Waals surface area (Å²) in [5.74, 6) is 1.59. The largest absolute Gasteiger partial charge is 0.373 e. The Morgan fingerprint density at radius 3 is 2.88 bits per heavy atom. The first-order chi connectivity index (χ1) is 7.58. The van der Waals surface area contributed by atoms with Gasteiger partial charge in [-0.3, -0.25) is 0 Å². The number of nitrogens with two attached hydrogens (primary N) is 1. The lowest BCUT2D eigenvalue weighted by atomic mass is 10.2. The standard InChI is InChI=1S/C10H16N6/c1-7(4-5-11)16(3)9-6-8(13-2)14-10(12)15-9/h6-7H,4H2,1-3H3,(H3,12,13,14,15). The molecule has 1 heterocycles. The third-order valence-electron chi connectivity index (χ3n) is 2.40. The second-order valence-corrected chi connectivity index (χ2v) is 3.54. The van der Waals surface area contributed by atoms with E-state index >= 15 is 0 Å². The summed E-state index contributed by atoms with van der Waals surface area (Å²) in [7, 11) is 3.65. The molecule has 0 aliphatic carbocycles. The molecule has 1 atom stereocenters. The topological polar surface area (TPSA) is 90.9 Å². The third-order valence-corrected chi connectivity index (χ3v) is 2.40. The molecule has 0 radical (unpaired) electrons. The first-order valence-electron chi connectivity index (χ1n) is 5.00. The summed E-state index contributed by atoms with van der Waals surface area (Å²) in [6, 6.07) is 4.01. The van der Waals surface area contributed by atoms with Crippen molar-refractivity contribution in [2.45, 2.75) is 19.4 Å². The Morgan fingerprint density at radius 2 is 2.31 bits per heavy atom. The van der Waals surface area contributed by atoms with E-state index in [4.69, 9.17) is 11.0 Å². The van der Waals surface area contributed by atoms with E-state index in [9.17, 15) is 0 Å². The third kappa shape index (κ3) is 2.73. The van der Waals surface area contributed by atoms with Crippen LogP contribution in [0.1, 0.15) is 13.3 Å². The number of nitrogen functional groups attached to an aromatic ring is 1. The molecule has 6 heteroatoms. The molecular weight excluding hydrogens is 204 g/mol. The highest BCUT2D eigenvalue weighted by molar-refractivity contribution is 5.52. The Bertz CT molecular complexity index is 397. The summed E-state index contributed by atoms with van der Waals surface area (Å²) < 4.78 is 0. The van der Waals surface area contributed by atoms with E-state index in [1.807, 2.05) is 18.9 Å². The average Bonchev–Trinajstić information content (AvgIpc) is 2.27. The highest BCUT2D eigenvalue weighted by Crippen LogP contribution is 2.18. The van der Waals surface area contributed by atoms with Crippen molar-refractivity contribution >= 4 is 17.6 Å². The highest BCUT2D eigenvalue weighted by atomic mass is 15.2. The fraction of sp³-hybridized carbons (Fsp3) is 0.500. The lowest BCUT2D eigenvalue weighted by Gasteiger charge is -2.24. The molecule has 1 unspecified atom stereocenters. The minimum Gasteiger partial charge on any atom is -0.373 e. The molecule has 0 saturated heterocycles. The number of hydrogen-bond donors (Lipinski definition) is 2. The molecular formula is C10H16N6. The molecule has 0 saturated carbocycles. The van der Waals surface area contributed by atoms with Crippen LogP contribution < -0.4 is 16.0 Å². The van der Waals surface area contributed by atoms with Crippen LogP contribution in [0.25, 0.3) is 0 Å². The van der Waals surface area contributed by atoms with Gasteiger partial charge in [0.1, 0.15) is 11.6 Å². The Kier molecular flexibility index (Phi) is 3.89. The van der Waals surface area contributed by atoms with Crippen molar-refractivity contribution in [2.24, 2.45) is 0 Å². The van der Waals surface area contributed by atoms with Gasteiger partial charge in [0.2, 0.25) is 5.95 Å². The molecule has 0 aromatic carbocycles. The van der Waals surface area contributed by atoms with Gasteiger partial charge >= 0.3 is 0 Å². The van der Waals surface area contributed by atoms with E-state index in [1.54, 1.807) is 13.1 Å². The van der Waals surface area contributed by atoms with Crippen LogP contribution in [-0.4, -0.2) is 30.1 Å². The molecule has 0 bridgehead atoms. The van der Waals surface area contributed by atoms with Crippen LogP contribution >= 0.6 is 0 Å². The van der Waals surface area contributed by atoms with Crippen molar-refractivity contribution in [3.05, 3.63) is 6.07 Å². The quantitative estimate of drug-likeness (QED) is 0.781. The van der Waals surface area contributed by atoms with E-state index < -0.39 is 0 Å². The summed E-state index contributed by atoms with van der Waals surface area (Å²) in [6.45, 7) is 1.96. The molecule has 0 aliphatic rings. The van der Waals surface area contributed by atoms with E-state index in [2.05, 4.69) is 21.4 Å². The van der Waals surface area contributed by atoms with Gasteiger partial charge in [-0.15, -0.1) is 0 Å². The van der Waals surface area contributed by atoms with Gasteiger partial charge in [0.25, 0.3) is 0 Å². The number of nitrogens with one attached hydrogen (secondary N) is 1. The second-order valence-electron chi connectivity index (χ2n) is 3.54. The summed E-state index contributed by atoms with van der Waals surface area (Å²) in [6.07, 6.45) is 0.440.